The number of alkyl halides is 3. The lowest BCUT2D eigenvalue weighted by Gasteiger charge is -2.11. The lowest BCUT2D eigenvalue weighted by molar-refractivity contribution is -0.137. The molecule has 7 heteroatoms. The van der Waals surface area contributed by atoms with Crippen LogP contribution in [0.25, 0.3) is 0 Å². The van der Waals surface area contributed by atoms with Crippen molar-refractivity contribution in [1.29, 1.82) is 0 Å². The van der Waals surface area contributed by atoms with Crippen molar-refractivity contribution in [3.05, 3.63) is 47.7 Å². The Morgan fingerprint density at radius 2 is 2.04 bits per heavy atom. The topological polar surface area (TPSA) is 37.7 Å². The zero-order valence-corrected chi connectivity index (χ0v) is 13.6. The summed E-state index contributed by atoms with van der Waals surface area (Å²) in [5, 5.41) is 0. The van der Waals surface area contributed by atoms with Crippen molar-refractivity contribution in [2.24, 2.45) is 4.99 Å². The fourth-order valence-electron chi connectivity index (χ4n) is 1.81. The molecule has 1 aromatic carbocycles. The van der Waals surface area contributed by atoms with Crippen LogP contribution in [0.15, 0.2) is 41.5 Å². The summed E-state index contributed by atoms with van der Waals surface area (Å²) in [6.45, 7) is 4.66. The maximum atomic E-state index is 12.7. The average Bonchev–Trinajstić information content (AvgIpc) is 2.53. The van der Waals surface area contributed by atoms with Crippen LogP contribution in [0, 0.1) is 6.92 Å². The van der Waals surface area contributed by atoms with Crippen LogP contribution in [0.2, 0.25) is 0 Å². The Morgan fingerprint density at radius 1 is 1.29 bits per heavy atom. The molecule has 0 saturated heterocycles. The largest absolute Gasteiger partial charge is 0.439 e. The van der Waals surface area contributed by atoms with E-state index in [0.717, 1.165) is 24.2 Å². The maximum absolute atomic E-state index is 12.7. The molecule has 0 aliphatic heterocycles. The van der Waals surface area contributed by atoms with Gasteiger partial charge in [0.25, 0.3) is 0 Å². The van der Waals surface area contributed by atoms with E-state index in [1.54, 1.807) is 12.4 Å². The third-order valence-electron chi connectivity index (χ3n) is 3.33. The third kappa shape index (κ3) is 4.71. The molecule has 2 aromatic rings. The van der Waals surface area contributed by atoms with Gasteiger partial charge in [-0.3, -0.25) is 0 Å². The highest BCUT2D eigenvalue weighted by Crippen LogP contribution is 2.32. The fraction of sp³-hybridized carbons (Fsp3) is 0.294. The highest BCUT2D eigenvalue weighted by molar-refractivity contribution is 5.62. The monoisotopic (exact) mass is 337 g/mol. The van der Waals surface area contributed by atoms with E-state index in [9.17, 15) is 13.2 Å². The number of rotatable bonds is 5. The predicted molar refractivity (Wildman–Crippen MR) is 86.9 cm³/mol. The van der Waals surface area contributed by atoms with Gasteiger partial charge in [-0.2, -0.15) is 13.2 Å². The number of hydrogen-bond acceptors (Lipinski definition) is 3. The zero-order valence-electron chi connectivity index (χ0n) is 13.6. The van der Waals surface area contributed by atoms with Crippen LogP contribution in [0.3, 0.4) is 0 Å². The van der Waals surface area contributed by atoms with E-state index in [1.165, 1.54) is 18.3 Å². The third-order valence-corrected chi connectivity index (χ3v) is 3.33. The van der Waals surface area contributed by atoms with Gasteiger partial charge in [-0.15, -0.1) is 0 Å². The van der Waals surface area contributed by atoms with Gasteiger partial charge in [0.1, 0.15) is 5.75 Å². The van der Waals surface area contributed by atoms with Gasteiger partial charge in [0.2, 0.25) is 5.88 Å². The summed E-state index contributed by atoms with van der Waals surface area (Å²) >= 11 is 0. The first-order valence-corrected chi connectivity index (χ1v) is 7.35. The van der Waals surface area contributed by atoms with Gasteiger partial charge in [0.15, 0.2) is 0 Å². The lowest BCUT2D eigenvalue weighted by Crippen LogP contribution is -2.14. The van der Waals surface area contributed by atoms with Crippen LogP contribution in [-0.4, -0.2) is 29.8 Å². The van der Waals surface area contributed by atoms with Gasteiger partial charge >= 0.3 is 6.18 Å². The van der Waals surface area contributed by atoms with E-state index < -0.39 is 11.7 Å². The molecule has 0 spiro atoms. The Bertz CT molecular complexity index is 729. The molecular formula is C17H18F3N3O. The van der Waals surface area contributed by atoms with E-state index >= 15 is 0 Å². The molecular weight excluding hydrogens is 319 g/mol. The summed E-state index contributed by atoms with van der Waals surface area (Å²) in [5.74, 6) is 0.299. The summed E-state index contributed by atoms with van der Waals surface area (Å²) in [4.78, 5) is 10.3. The van der Waals surface area contributed by atoms with Crippen molar-refractivity contribution >= 4 is 12.0 Å². The molecule has 1 heterocycles. The standard InChI is InChI=1S/C17H18F3N3O/c1-4-23(3)11-22-15-10-21-16(8-12(15)2)24-14-7-5-6-13(9-14)17(18,19)20/h5-11H,4H2,1-3H3. The number of aliphatic imine (C=N–C) groups is 1. The second-order valence-electron chi connectivity index (χ2n) is 5.25. The molecule has 1 aromatic heterocycles. The minimum absolute atomic E-state index is 0.0821. The molecule has 0 unspecified atom stereocenters. The van der Waals surface area contributed by atoms with Gasteiger partial charge in [-0.1, -0.05) is 6.07 Å². The van der Waals surface area contributed by atoms with Crippen LogP contribution >= 0.6 is 0 Å². The number of ether oxygens (including phenoxy) is 1. The number of aromatic nitrogens is 1. The first-order valence-electron chi connectivity index (χ1n) is 7.35. The van der Waals surface area contributed by atoms with E-state index in [1.807, 2.05) is 25.8 Å². The fourth-order valence-corrected chi connectivity index (χ4v) is 1.81. The lowest BCUT2D eigenvalue weighted by atomic mass is 10.2. The van der Waals surface area contributed by atoms with Crippen molar-refractivity contribution < 1.29 is 17.9 Å². The quantitative estimate of drug-likeness (QED) is 0.580. The Morgan fingerprint density at radius 3 is 2.67 bits per heavy atom. The molecule has 0 fully saturated rings. The van der Waals surface area contributed by atoms with Crippen LogP contribution < -0.4 is 4.74 Å². The Balaban J connectivity index is 2.17. The van der Waals surface area contributed by atoms with Gasteiger partial charge in [0, 0.05) is 19.7 Å². The molecule has 0 atom stereocenters. The number of aryl methyl sites for hydroxylation is 1. The number of pyridine rings is 1. The number of benzene rings is 1. The first-order chi connectivity index (χ1) is 11.3. The molecule has 2 rings (SSSR count). The normalized spacial score (nSPS) is 11.8. The maximum Gasteiger partial charge on any atom is 0.416 e. The molecule has 0 aliphatic carbocycles. The van der Waals surface area contributed by atoms with Gasteiger partial charge in [0.05, 0.1) is 23.8 Å². The minimum atomic E-state index is -4.41. The number of hydrogen-bond donors (Lipinski definition) is 0. The SMILES string of the molecule is CCN(C)C=Nc1cnc(Oc2cccc(C(F)(F)F)c2)cc1C. The number of halogens is 3. The van der Waals surface area contributed by atoms with Crippen LogP contribution in [-0.2, 0) is 6.18 Å². The van der Waals surface area contributed by atoms with Crippen molar-refractivity contribution in [2.75, 3.05) is 13.6 Å². The number of nitrogens with zero attached hydrogens (tertiary/aromatic N) is 3. The van der Waals surface area contributed by atoms with Gasteiger partial charge in [-0.25, -0.2) is 9.98 Å². The zero-order chi connectivity index (χ0) is 17.7. The Hall–Kier alpha value is -2.57. The van der Waals surface area contributed by atoms with Crippen molar-refractivity contribution in [2.45, 2.75) is 20.0 Å². The predicted octanol–water partition coefficient (Wildman–Crippen LogP) is 4.81. The second-order valence-corrected chi connectivity index (χ2v) is 5.25. The molecule has 4 nitrogen and oxygen atoms in total. The van der Waals surface area contributed by atoms with Crippen LogP contribution in [0.4, 0.5) is 18.9 Å². The van der Waals surface area contributed by atoms with E-state index in [4.69, 9.17) is 4.74 Å². The molecule has 0 aliphatic rings. The molecule has 24 heavy (non-hydrogen) atoms. The summed E-state index contributed by atoms with van der Waals surface area (Å²) in [7, 11) is 1.90. The van der Waals surface area contributed by atoms with Gasteiger partial charge < -0.3 is 9.64 Å². The summed E-state index contributed by atoms with van der Waals surface area (Å²) in [6.07, 6.45) is -1.19. The minimum Gasteiger partial charge on any atom is -0.439 e. The molecule has 0 radical (unpaired) electrons. The second kappa shape index (κ2) is 7.33. The first kappa shape index (κ1) is 17.8. The van der Waals surface area contributed by atoms with Gasteiger partial charge in [-0.05, 0) is 37.6 Å². The average molecular weight is 337 g/mol. The molecule has 0 bridgehead atoms. The van der Waals surface area contributed by atoms with E-state index in [0.29, 0.717) is 5.69 Å². The van der Waals surface area contributed by atoms with Crippen molar-refractivity contribution in [3.63, 3.8) is 0 Å². The van der Waals surface area contributed by atoms with E-state index in [2.05, 4.69) is 9.98 Å². The molecule has 0 N–H and O–H groups in total. The van der Waals surface area contributed by atoms with Crippen molar-refractivity contribution in [3.8, 4) is 11.6 Å². The smallest absolute Gasteiger partial charge is 0.416 e. The summed E-state index contributed by atoms with van der Waals surface area (Å²) < 4.78 is 43.6. The van der Waals surface area contributed by atoms with Crippen molar-refractivity contribution in [1.82, 2.24) is 9.88 Å². The summed E-state index contributed by atoms with van der Waals surface area (Å²) in [6, 6.07) is 6.32. The molecule has 0 saturated carbocycles. The van der Waals surface area contributed by atoms with E-state index in [-0.39, 0.29) is 11.6 Å². The summed E-state index contributed by atoms with van der Waals surface area (Å²) in [5.41, 5.74) is 0.722. The molecule has 128 valence electrons. The highest BCUT2D eigenvalue weighted by atomic mass is 19.4. The Kier molecular flexibility index (Phi) is 5.43. The van der Waals surface area contributed by atoms with Crippen LogP contribution in [0.1, 0.15) is 18.1 Å². The van der Waals surface area contributed by atoms with Crippen LogP contribution in [0.5, 0.6) is 11.6 Å². The highest BCUT2D eigenvalue weighted by Gasteiger charge is 2.30. The molecule has 0 amide bonds. The Labute approximate surface area is 138 Å².